The van der Waals surface area contributed by atoms with Crippen LogP contribution in [0.1, 0.15) is 20.8 Å². The molecule has 2 aromatic rings. The van der Waals surface area contributed by atoms with Crippen LogP contribution in [0.15, 0.2) is 36.4 Å². The lowest BCUT2D eigenvalue weighted by atomic mass is 10.2. The molecule has 108 valence electrons. The predicted molar refractivity (Wildman–Crippen MR) is 74.9 cm³/mol. The number of carbonyl (C=O) groups excluding carboxylic acids is 2. The fourth-order valence-electron chi connectivity index (χ4n) is 1.60. The van der Waals surface area contributed by atoms with Gasteiger partial charge in [-0.1, -0.05) is 17.7 Å². The Morgan fingerprint density at radius 2 is 2.05 bits per heavy atom. The summed E-state index contributed by atoms with van der Waals surface area (Å²) in [7, 11) is 1.22. The maximum atomic E-state index is 13.0. The largest absolute Gasteiger partial charge is 0.465 e. The third kappa shape index (κ3) is 3.55. The minimum atomic E-state index is -0.756. The summed E-state index contributed by atoms with van der Waals surface area (Å²) < 4.78 is 17.5. The summed E-state index contributed by atoms with van der Waals surface area (Å²) in [5, 5.41) is 2.70. The number of ether oxygens (including phenoxy) is 1. The van der Waals surface area contributed by atoms with E-state index in [1.54, 1.807) is 0 Å². The second-order valence-electron chi connectivity index (χ2n) is 3.99. The number of hydrogen-bond acceptors (Lipinski definition) is 4. The number of carbonyl (C=O) groups is 2. The lowest BCUT2D eigenvalue weighted by Gasteiger charge is -2.08. The van der Waals surface area contributed by atoms with Crippen LogP contribution in [0.4, 0.5) is 10.1 Å². The number of anilines is 1. The quantitative estimate of drug-likeness (QED) is 0.699. The van der Waals surface area contributed by atoms with E-state index in [0.717, 1.165) is 6.07 Å². The molecule has 0 aliphatic carbocycles. The normalized spacial score (nSPS) is 10.0. The van der Waals surface area contributed by atoms with Crippen LogP contribution in [0.2, 0.25) is 5.02 Å². The standard InChI is InChI=1S/C14H10ClFN2O3/c1-21-14(20)9-7-8(5-6-10(9)15)17-13(19)11-3-2-4-12(16)18-11/h2-7H,1H3,(H,17,19). The first-order valence-electron chi connectivity index (χ1n) is 5.83. The lowest BCUT2D eigenvalue weighted by Crippen LogP contribution is -2.14. The number of methoxy groups -OCH3 is 1. The summed E-state index contributed by atoms with van der Waals surface area (Å²) in [4.78, 5) is 26.9. The maximum absolute atomic E-state index is 13.0. The monoisotopic (exact) mass is 308 g/mol. The highest BCUT2D eigenvalue weighted by molar-refractivity contribution is 6.33. The summed E-state index contributed by atoms with van der Waals surface area (Å²) in [5.74, 6) is -1.98. The molecule has 0 saturated heterocycles. The smallest absolute Gasteiger partial charge is 0.339 e. The van der Waals surface area contributed by atoms with E-state index in [1.807, 2.05) is 0 Å². The lowest BCUT2D eigenvalue weighted by molar-refractivity contribution is 0.0600. The second kappa shape index (κ2) is 6.32. The summed E-state index contributed by atoms with van der Waals surface area (Å²) in [6.07, 6.45) is 0. The summed E-state index contributed by atoms with van der Waals surface area (Å²) >= 11 is 5.87. The molecular weight excluding hydrogens is 299 g/mol. The molecule has 1 aromatic heterocycles. The van der Waals surface area contributed by atoms with Gasteiger partial charge in [0.05, 0.1) is 17.7 Å². The Balaban J connectivity index is 2.24. The molecule has 1 amide bonds. The molecule has 1 N–H and O–H groups in total. The Bertz CT molecular complexity index is 706. The van der Waals surface area contributed by atoms with Crippen LogP contribution in [-0.4, -0.2) is 24.0 Å². The number of nitrogens with one attached hydrogen (secondary N) is 1. The second-order valence-corrected chi connectivity index (χ2v) is 4.39. The van der Waals surface area contributed by atoms with Crippen molar-refractivity contribution in [2.45, 2.75) is 0 Å². The van der Waals surface area contributed by atoms with Crippen molar-refractivity contribution in [1.29, 1.82) is 0 Å². The van der Waals surface area contributed by atoms with Gasteiger partial charge in [-0.3, -0.25) is 4.79 Å². The van der Waals surface area contributed by atoms with Gasteiger partial charge in [-0.15, -0.1) is 0 Å². The third-order valence-corrected chi connectivity index (χ3v) is 2.91. The zero-order chi connectivity index (χ0) is 15.4. The SMILES string of the molecule is COC(=O)c1cc(NC(=O)c2cccc(F)n2)ccc1Cl. The first kappa shape index (κ1) is 14.9. The molecule has 0 aliphatic heterocycles. The van der Waals surface area contributed by atoms with Crippen LogP contribution < -0.4 is 5.32 Å². The first-order valence-corrected chi connectivity index (χ1v) is 6.21. The molecule has 0 saturated carbocycles. The van der Waals surface area contributed by atoms with E-state index in [2.05, 4.69) is 15.0 Å². The van der Waals surface area contributed by atoms with Crippen LogP contribution in [0.25, 0.3) is 0 Å². The number of hydrogen-bond donors (Lipinski definition) is 1. The van der Waals surface area contributed by atoms with Crippen LogP contribution in [0.5, 0.6) is 0 Å². The van der Waals surface area contributed by atoms with Gasteiger partial charge in [-0.2, -0.15) is 4.39 Å². The van der Waals surface area contributed by atoms with Gasteiger partial charge in [-0.25, -0.2) is 9.78 Å². The van der Waals surface area contributed by atoms with Crippen LogP contribution >= 0.6 is 11.6 Å². The fourth-order valence-corrected chi connectivity index (χ4v) is 1.79. The number of rotatable bonds is 3. The molecule has 7 heteroatoms. The van der Waals surface area contributed by atoms with Gasteiger partial charge in [0.1, 0.15) is 5.69 Å². The minimum absolute atomic E-state index is 0.0791. The Kier molecular flexibility index (Phi) is 4.49. The summed E-state index contributed by atoms with van der Waals surface area (Å²) in [6, 6.07) is 8.20. The van der Waals surface area contributed by atoms with Crippen LogP contribution in [0.3, 0.4) is 0 Å². The maximum Gasteiger partial charge on any atom is 0.339 e. The van der Waals surface area contributed by atoms with Gasteiger partial charge in [-0.05, 0) is 30.3 Å². The van der Waals surface area contributed by atoms with Crippen LogP contribution in [0, 0.1) is 5.95 Å². The van der Waals surface area contributed by atoms with Gasteiger partial charge >= 0.3 is 5.97 Å². The Morgan fingerprint density at radius 3 is 2.71 bits per heavy atom. The number of benzene rings is 1. The Morgan fingerprint density at radius 1 is 1.29 bits per heavy atom. The van der Waals surface area contributed by atoms with E-state index in [4.69, 9.17) is 11.6 Å². The van der Waals surface area contributed by atoms with E-state index in [0.29, 0.717) is 5.69 Å². The van der Waals surface area contributed by atoms with Crippen molar-refractivity contribution >= 4 is 29.2 Å². The molecule has 2 rings (SSSR count). The Labute approximate surface area is 124 Å². The van der Waals surface area contributed by atoms with E-state index >= 15 is 0 Å². The van der Waals surface area contributed by atoms with Gasteiger partial charge in [0.2, 0.25) is 5.95 Å². The van der Waals surface area contributed by atoms with Crippen molar-refractivity contribution in [3.8, 4) is 0 Å². The highest BCUT2D eigenvalue weighted by Gasteiger charge is 2.14. The van der Waals surface area contributed by atoms with E-state index in [-0.39, 0.29) is 16.3 Å². The zero-order valence-corrected chi connectivity index (χ0v) is 11.6. The highest BCUT2D eigenvalue weighted by atomic mass is 35.5. The zero-order valence-electron chi connectivity index (χ0n) is 10.9. The highest BCUT2D eigenvalue weighted by Crippen LogP contribution is 2.21. The number of esters is 1. The van der Waals surface area contributed by atoms with Gasteiger partial charge < -0.3 is 10.1 Å². The van der Waals surface area contributed by atoms with Gasteiger partial charge in [0, 0.05) is 5.69 Å². The van der Waals surface area contributed by atoms with Crippen molar-refractivity contribution in [3.05, 3.63) is 58.6 Å². The average Bonchev–Trinajstić information content (AvgIpc) is 2.48. The first-order chi connectivity index (χ1) is 10.0. The summed E-state index contributed by atoms with van der Waals surface area (Å²) in [6.45, 7) is 0. The van der Waals surface area contributed by atoms with Crippen LogP contribution in [-0.2, 0) is 4.74 Å². The van der Waals surface area contributed by atoms with E-state index in [9.17, 15) is 14.0 Å². The molecule has 1 aromatic carbocycles. The molecule has 0 radical (unpaired) electrons. The van der Waals surface area contributed by atoms with Crippen molar-refractivity contribution in [2.24, 2.45) is 0 Å². The molecule has 0 unspecified atom stereocenters. The van der Waals surface area contributed by atoms with Gasteiger partial charge in [0.15, 0.2) is 0 Å². The fraction of sp³-hybridized carbons (Fsp3) is 0.0714. The third-order valence-electron chi connectivity index (χ3n) is 2.58. The average molecular weight is 309 g/mol. The predicted octanol–water partition coefficient (Wildman–Crippen LogP) is 2.91. The molecule has 1 heterocycles. The topological polar surface area (TPSA) is 68.3 Å². The molecular formula is C14H10ClFN2O3. The number of nitrogens with zero attached hydrogens (tertiary/aromatic N) is 1. The van der Waals surface area contributed by atoms with Crippen molar-refractivity contribution in [1.82, 2.24) is 4.98 Å². The molecule has 21 heavy (non-hydrogen) atoms. The molecule has 0 bridgehead atoms. The number of halogens is 2. The molecule has 0 aliphatic rings. The van der Waals surface area contributed by atoms with Crippen molar-refractivity contribution in [2.75, 3.05) is 12.4 Å². The van der Waals surface area contributed by atoms with E-state index in [1.165, 1.54) is 37.4 Å². The van der Waals surface area contributed by atoms with Crippen molar-refractivity contribution in [3.63, 3.8) is 0 Å². The number of aromatic nitrogens is 1. The number of pyridine rings is 1. The molecule has 0 fully saturated rings. The molecule has 5 nitrogen and oxygen atoms in total. The number of amides is 1. The van der Waals surface area contributed by atoms with E-state index < -0.39 is 17.8 Å². The molecule has 0 spiro atoms. The van der Waals surface area contributed by atoms with Gasteiger partial charge in [0.25, 0.3) is 5.91 Å². The van der Waals surface area contributed by atoms with Crippen molar-refractivity contribution < 1.29 is 18.7 Å². The molecule has 0 atom stereocenters. The summed E-state index contributed by atoms with van der Waals surface area (Å²) in [5.41, 5.74) is 0.351. The Hall–Kier alpha value is -2.47. The minimum Gasteiger partial charge on any atom is -0.465 e.